The van der Waals surface area contributed by atoms with E-state index < -0.39 is 0 Å². The molecular formula is C13H8Br3ClO. The first-order valence-electron chi connectivity index (χ1n) is 5.07. The Morgan fingerprint density at radius 1 is 0.889 bits per heavy atom. The smallest absolute Gasteiger partial charge is 0.141 e. The van der Waals surface area contributed by atoms with E-state index in [-0.39, 0.29) is 0 Å². The van der Waals surface area contributed by atoms with Gasteiger partial charge in [-0.1, -0.05) is 31.9 Å². The van der Waals surface area contributed by atoms with Gasteiger partial charge in [-0.15, -0.1) is 11.6 Å². The molecule has 2 aromatic rings. The second kappa shape index (κ2) is 6.42. The third kappa shape index (κ3) is 3.50. The van der Waals surface area contributed by atoms with Crippen molar-refractivity contribution in [1.29, 1.82) is 0 Å². The molecule has 1 nitrogen and oxygen atoms in total. The third-order valence-corrected chi connectivity index (χ3v) is 4.17. The number of hydrogen-bond acceptors (Lipinski definition) is 1. The van der Waals surface area contributed by atoms with Crippen LogP contribution in [0.2, 0.25) is 0 Å². The summed E-state index contributed by atoms with van der Waals surface area (Å²) in [5.41, 5.74) is 0.945. The molecule has 94 valence electrons. The topological polar surface area (TPSA) is 9.23 Å². The van der Waals surface area contributed by atoms with Crippen molar-refractivity contribution in [2.45, 2.75) is 5.88 Å². The van der Waals surface area contributed by atoms with Gasteiger partial charge in [0, 0.05) is 14.5 Å². The Morgan fingerprint density at radius 2 is 1.50 bits per heavy atom. The van der Waals surface area contributed by atoms with Crippen LogP contribution in [-0.4, -0.2) is 0 Å². The van der Waals surface area contributed by atoms with E-state index in [2.05, 4.69) is 47.8 Å². The lowest BCUT2D eigenvalue weighted by Gasteiger charge is -2.11. The molecule has 0 saturated heterocycles. The minimum Gasteiger partial charge on any atom is -0.456 e. The molecule has 0 unspecified atom stereocenters. The minimum absolute atomic E-state index is 0.406. The Kier molecular flexibility index (Phi) is 5.13. The number of ether oxygens (including phenoxy) is 1. The van der Waals surface area contributed by atoms with Gasteiger partial charge in [0.15, 0.2) is 0 Å². The zero-order chi connectivity index (χ0) is 13.1. The number of alkyl halides is 1. The second-order valence-electron chi connectivity index (χ2n) is 3.56. The monoisotopic (exact) mass is 452 g/mol. The lowest BCUT2D eigenvalue weighted by Crippen LogP contribution is -1.90. The number of halogens is 4. The van der Waals surface area contributed by atoms with Gasteiger partial charge in [0.2, 0.25) is 0 Å². The van der Waals surface area contributed by atoms with Gasteiger partial charge in [0.05, 0.1) is 10.4 Å². The lowest BCUT2D eigenvalue weighted by molar-refractivity contribution is 0.475. The molecule has 0 amide bonds. The van der Waals surface area contributed by atoms with Crippen LogP contribution in [0, 0.1) is 0 Å². The van der Waals surface area contributed by atoms with Gasteiger partial charge >= 0.3 is 0 Å². The quantitative estimate of drug-likeness (QED) is 0.480. The van der Waals surface area contributed by atoms with E-state index in [1.807, 2.05) is 36.4 Å². The zero-order valence-corrected chi connectivity index (χ0v) is 14.6. The molecule has 0 saturated carbocycles. The highest BCUT2D eigenvalue weighted by atomic mass is 79.9. The molecule has 2 rings (SSSR count). The highest BCUT2D eigenvalue weighted by Gasteiger charge is 2.08. The largest absolute Gasteiger partial charge is 0.456 e. The first kappa shape index (κ1) is 14.4. The molecular weight excluding hydrogens is 447 g/mol. The highest BCUT2D eigenvalue weighted by Crippen LogP contribution is 2.34. The number of rotatable bonds is 3. The maximum atomic E-state index is 5.92. The van der Waals surface area contributed by atoms with Crippen molar-refractivity contribution in [2.24, 2.45) is 0 Å². The van der Waals surface area contributed by atoms with Gasteiger partial charge in [-0.3, -0.25) is 0 Å². The Morgan fingerprint density at radius 3 is 2.11 bits per heavy atom. The van der Waals surface area contributed by atoms with Gasteiger partial charge in [-0.25, -0.2) is 0 Å². The van der Waals surface area contributed by atoms with Crippen molar-refractivity contribution in [3.05, 3.63) is 55.4 Å². The summed E-state index contributed by atoms with van der Waals surface area (Å²) in [7, 11) is 0. The number of hydrogen-bond donors (Lipinski definition) is 0. The van der Waals surface area contributed by atoms with Gasteiger partial charge in [0.1, 0.15) is 11.5 Å². The van der Waals surface area contributed by atoms with Crippen molar-refractivity contribution in [2.75, 3.05) is 0 Å². The zero-order valence-electron chi connectivity index (χ0n) is 9.09. The molecule has 0 aliphatic heterocycles. The average Bonchev–Trinajstić information content (AvgIpc) is 2.34. The summed E-state index contributed by atoms with van der Waals surface area (Å²) < 4.78 is 8.74. The molecule has 5 heteroatoms. The average molecular weight is 455 g/mol. The first-order chi connectivity index (χ1) is 8.60. The van der Waals surface area contributed by atoms with Crippen LogP contribution < -0.4 is 4.74 Å². The van der Waals surface area contributed by atoms with Crippen molar-refractivity contribution in [3.8, 4) is 11.5 Å². The minimum atomic E-state index is 0.406. The maximum absolute atomic E-state index is 5.92. The van der Waals surface area contributed by atoms with E-state index >= 15 is 0 Å². The van der Waals surface area contributed by atoms with Crippen molar-refractivity contribution in [1.82, 2.24) is 0 Å². The molecule has 0 radical (unpaired) electrons. The molecule has 0 N–H and O–H groups in total. The van der Waals surface area contributed by atoms with Crippen LogP contribution in [0.4, 0.5) is 0 Å². The normalized spacial score (nSPS) is 10.4. The summed E-state index contributed by atoms with van der Waals surface area (Å²) >= 11 is 16.2. The van der Waals surface area contributed by atoms with Crippen LogP contribution in [0.3, 0.4) is 0 Å². The second-order valence-corrected chi connectivity index (χ2v) is 6.52. The lowest BCUT2D eigenvalue weighted by atomic mass is 10.2. The molecule has 0 aromatic heterocycles. The summed E-state index contributed by atoms with van der Waals surface area (Å²) in [4.78, 5) is 0. The molecule has 0 aliphatic rings. The predicted molar refractivity (Wildman–Crippen MR) is 85.6 cm³/mol. The van der Waals surface area contributed by atoms with E-state index in [0.717, 1.165) is 30.5 Å². The van der Waals surface area contributed by atoms with Crippen LogP contribution in [0.5, 0.6) is 11.5 Å². The standard InChI is InChI=1S/C13H8Br3ClO/c14-9-1-3-12(8(5-9)7-17)18-13-4-2-10(15)6-11(13)16/h1-6H,7H2. The Hall–Kier alpha value is -0.0300. The molecule has 0 heterocycles. The Balaban J connectivity index is 2.33. The van der Waals surface area contributed by atoms with Gasteiger partial charge in [-0.2, -0.15) is 0 Å². The van der Waals surface area contributed by atoms with Crippen LogP contribution in [0.1, 0.15) is 5.56 Å². The fourth-order valence-electron chi connectivity index (χ4n) is 1.43. The van der Waals surface area contributed by atoms with Crippen molar-refractivity contribution < 1.29 is 4.74 Å². The molecule has 0 atom stereocenters. The van der Waals surface area contributed by atoms with E-state index in [9.17, 15) is 0 Å². The Labute approximate surface area is 136 Å². The summed E-state index contributed by atoms with van der Waals surface area (Å²) in [6.45, 7) is 0. The fourth-order valence-corrected chi connectivity index (χ4v) is 3.17. The van der Waals surface area contributed by atoms with Gasteiger partial charge in [0.25, 0.3) is 0 Å². The summed E-state index contributed by atoms with van der Waals surface area (Å²) in [6.07, 6.45) is 0. The summed E-state index contributed by atoms with van der Waals surface area (Å²) in [5, 5.41) is 0. The third-order valence-electron chi connectivity index (χ3n) is 2.28. The van der Waals surface area contributed by atoms with E-state index in [1.165, 1.54) is 0 Å². The van der Waals surface area contributed by atoms with E-state index in [4.69, 9.17) is 16.3 Å². The van der Waals surface area contributed by atoms with E-state index in [1.54, 1.807) is 0 Å². The molecule has 0 spiro atoms. The Bertz CT molecular complexity index is 572. The van der Waals surface area contributed by atoms with Crippen LogP contribution in [0.15, 0.2) is 49.8 Å². The highest BCUT2D eigenvalue weighted by molar-refractivity contribution is 9.11. The van der Waals surface area contributed by atoms with Crippen LogP contribution in [0.25, 0.3) is 0 Å². The molecule has 0 aliphatic carbocycles. The molecule has 0 bridgehead atoms. The van der Waals surface area contributed by atoms with Gasteiger partial charge in [-0.05, 0) is 52.3 Å². The number of benzene rings is 2. The summed E-state index contributed by atoms with van der Waals surface area (Å²) in [5.74, 6) is 1.92. The predicted octanol–water partition coefficient (Wildman–Crippen LogP) is 6.51. The molecule has 0 fully saturated rings. The summed E-state index contributed by atoms with van der Waals surface area (Å²) in [6, 6.07) is 11.5. The van der Waals surface area contributed by atoms with Gasteiger partial charge < -0.3 is 4.74 Å². The molecule has 18 heavy (non-hydrogen) atoms. The fraction of sp³-hybridized carbons (Fsp3) is 0.0769. The van der Waals surface area contributed by atoms with Crippen molar-refractivity contribution in [3.63, 3.8) is 0 Å². The SMILES string of the molecule is ClCc1cc(Br)ccc1Oc1ccc(Br)cc1Br. The van der Waals surface area contributed by atoms with Crippen LogP contribution in [-0.2, 0) is 5.88 Å². The van der Waals surface area contributed by atoms with Crippen molar-refractivity contribution >= 4 is 59.4 Å². The first-order valence-corrected chi connectivity index (χ1v) is 7.99. The maximum Gasteiger partial charge on any atom is 0.141 e. The van der Waals surface area contributed by atoms with Crippen LogP contribution >= 0.6 is 59.4 Å². The molecule has 2 aromatic carbocycles. The van der Waals surface area contributed by atoms with E-state index in [0.29, 0.717) is 5.88 Å².